The maximum absolute atomic E-state index is 13.1. The highest BCUT2D eigenvalue weighted by Gasteiger charge is 2.23. The number of halogens is 1. The average Bonchev–Trinajstić information content (AvgIpc) is 3.15. The third-order valence-corrected chi connectivity index (χ3v) is 5.17. The molecule has 7 heteroatoms. The maximum atomic E-state index is 13.1. The molecule has 3 aromatic rings. The fourth-order valence-corrected chi connectivity index (χ4v) is 3.57. The summed E-state index contributed by atoms with van der Waals surface area (Å²) in [5.41, 5.74) is 2.96. The Morgan fingerprint density at radius 1 is 1.20 bits per heavy atom. The predicted molar refractivity (Wildman–Crippen MR) is 110 cm³/mol. The minimum Gasteiger partial charge on any atom is -0.459 e. The monoisotopic (exact) mass is 409 g/mol. The molecule has 6 nitrogen and oxygen atoms in total. The van der Waals surface area contributed by atoms with Crippen LogP contribution in [0.5, 0.6) is 0 Å². The lowest BCUT2D eigenvalue weighted by atomic mass is 10.2. The Bertz CT molecular complexity index is 989. The molecule has 2 heterocycles. The highest BCUT2D eigenvalue weighted by atomic mass is 19.1. The van der Waals surface area contributed by atoms with Crippen LogP contribution in [0.4, 0.5) is 4.39 Å². The Hall–Kier alpha value is -3.03. The highest BCUT2D eigenvalue weighted by Crippen LogP contribution is 2.17. The normalized spacial score (nSPS) is 17.1. The minimum absolute atomic E-state index is 0.168. The first-order valence-electron chi connectivity index (χ1n) is 9.96. The third-order valence-electron chi connectivity index (χ3n) is 5.17. The van der Waals surface area contributed by atoms with Gasteiger partial charge in [0.05, 0.1) is 24.2 Å². The van der Waals surface area contributed by atoms with Gasteiger partial charge in [0, 0.05) is 19.6 Å². The van der Waals surface area contributed by atoms with E-state index in [9.17, 15) is 9.18 Å². The van der Waals surface area contributed by atoms with Gasteiger partial charge in [0.25, 0.3) is 0 Å². The van der Waals surface area contributed by atoms with Crippen LogP contribution in [-0.2, 0) is 16.0 Å². The van der Waals surface area contributed by atoms with Crippen LogP contribution in [0.15, 0.2) is 60.8 Å². The zero-order valence-corrected chi connectivity index (χ0v) is 16.8. The molecule has 0 spiro atoms. The summed E-state index contributed by atoms with van der Waals surface area (Å²) in [6, 6.07) is 16.2. The lowest BCUT2D eigenvalue weighted by Gasteiger charge is -2.32. The average molecular weight is 409 g/mol. The molecule has 0 aliphatic carbocycles. The predicted octanol–water partition coefficient (Wildman–Crippen LogP) is 3.38. The van der Waals surface area contributed by atoms with E-state index in [0.29, 0.717) is 30.1 Å². The van der Waals surface area contributed by atoms with Crippen LogP contribution in [0.1, 0.15) is 21.6 Å². The van der Waals surface area contributed by atoms with Gasteiger partial charge in [-0.2, -0.15) is 5.10 Å². The van der Waals surface area contributed by atoms with E-state index in [1.54, 1.807) is 23.7 Å². The van der Waals surface area contributed by atoms with Crippen LogP contribution in [0.3, 0.4) is 0 Å². The number of aromatic nitrogens is 2. The van der Waals surface area contributed by atoms with Crippen LogP contribution < -0.4 is 0 Å². The second kappa shape index (κ2) is 9.19. The number of morpholine rings is 1. The quantitative estimate of drug-likeness (QED) is 0.585. The second-order valence-corrected chi connectivity index (χ2v) is 7.34. The van der Waals surface area contributed by atoms with Gasteiger partial charge in [-0.1, -0.05) is 30.3 Å². The van der Waals surface area contributed by atoms with Gasteiger partial charge in [-0.05, 0) is 36.8 Å². The molecular weight excluding hydrogens is 385 g/mol. The molecule has 0 radical (unpaired) electrons. The van der Waals surface area contributed by atoms with Crippen LogP contribution in [0.25, 0.3) is 5.69 Å². The van der Waals surface area contributed by atoms with Crippen molar-refractivity contribution >= 4 is 5.97 Å². The maximum Gasteiger partial charge on any atom is 0.341 e. The van der Waals surface area contributed by atoms with Crippen molar-refractivity contribution in [2.75, 3.05) is 26.3 Å². The molecule has 1 aromatic heterocycles. The van der Waals surface area contributed by atoms with Crippen LogP contribution in [0, 0.1) is 12.7 Å². The van der Waals surface area contributed by atoms with E-state index >= 15 is 0 Å². The fourth-order valence-electron chi connectivity index (χ4n) is 3.57. The number of ether oxygens (including phenoxy) is 2. The second-order valence-electron chi connectivity index (χ2n) is 7.34. The lowest BCUT2D eigenvalue weighted by Crippen LogP contribution is -2.44. The van der Waals surface area contributed by atoms with Gasteiger partial charge < -0.3 is 9.47 Å². The summed E-state index contributed by atoms with van der Waals surface area (Å²) in [6.45, 7) is 4.98. The molecule has 4 rings (SSSR count). The molecule has 1 saturated heterocycles. The van der Waals surface area contributed by atoms with Crippen LogP contribution >= 0.6 is 0 Å². The molecule has 0 amide bonds. The summed E-state index contributed by atoms with van der Waals surface area (Å²) in [7, 11) is 0. The molecule has 1 fully saturated rings. The number of carbonyl (C=O) groups excluding carboxylic acids is 1. The van der Waals surface area contributed by atoms with Gasteiger partial charge in [0.15, 0.2) is 0 Å². The van der Waals surface area contributed by atoms with Crippen molar-refractivity contribution in [2.24, 2.45) is 0 Å². The molecule has 0 bridgehead atoms. The standard InChI is InChI=1S/C23H24FN3O3/c1-17-22(13-25-27(17)20-9-7-19(24)8-10-20)23(28)30-16-21-15-26(11-12-29-21)14-18-5-3-2-4-6-18/h2-10,13,21H,11-12,14-16H2,1H3. The molecule has 0 saturated carbocycles. The molecular formula is C23H24FN3O3. The van der Waals surface area contributed by atoms with Crippen LogP contribution in [-0.4, -0.2) is 53.1 Å². The zero-order valence-electron chi connectivity index (χ0n) is 16.8. The van der Waals surface area contributed by atoms with E-state index in [1.165, 1.54) is 23.9 Å². The molecule has 156 valence electrons. The highest BCUT2D eigenvalue weighted by molar-refractivity contribution is 5.90. The fraction of sp³-hybridized carbons (Fsp3) is 0.304. The Balaban J connectivity index is 1.34. The topological polar surface area (TPSA) is 56.6 Å². The molecule has 1 aliphatic heterocycles. The summed E-state index contributed by atoms with van der Waals surface area (Å²) < 4.78 is 26.0. The van der Waals surface area contributed by atoms with Crippen molar-refractivity contribution in [1.29, 1.82) is 0 Å². The number of rotatable bonds is 6. The Morgan fingerprint density at radius 3 is 2.73 bits per heavy atom. The first kappa shape index (κ1) is 20.3. The summed E-state index contributed by atoms with van der Waals surface area (Å²) in [6.07, 6.45) is 1.31. The molecule has 2 aromatic carbocycles. The molecule has 30 heavy (non-hydrogen) atoms. The SMILES string of the molecule is Cc1c(C(=O)OCC2CN(Cc3ccccc3)CCO2)cnn1-c1ccc(F)cc1. The van der Waals surface area contributed by atoms with E-state index in [0.717, 1.165) is 13.1 Å². The lowest BCUT2D eigenvalue weighted by molar-refractivity contribution is -0.0612. The number of hydrogen-bond donors (Lipinski definition) is 0. The first-order valence-corrected chi connectivity index (χ1v) is 9.96. The summed E-state index contributed by atoms with van der Waals surface area (Å²) >= 11 is 0. The van der Waals surface area contributed by atoms with Crippen molar-refractivity contribution in [1.82, 2.24) is 14.7 Å². The molecule has 1 atom stereocenters. The Kier molecular flexibility index (Phi) is 6.21. The number of nitrogens with zero attached hydrogens (tertiary/aromatic N) is 3. The van der Waals surface area contributed by atoms with Crippen molar-refractivity contribution in [3.05, 3.63) is 83.4 Å². The van der Waals surface area contributed by atoms with Gasteiger partial charge in [-0.3, -0.25) is 4.90 Å². The minimum atomic E-state index is -0.440. The van der Waals surface area contributed by atoms with Gasteiger partial charge in [0.2, 0.25) is 0 Å². The number of esters is 1. The number of benzene rings is 2. The van der Waals surface area contributed by atoms with Crippen molar-refractivity contribution in [3.8, 4) is 5.69 Å². The molecule has 1 aliphatic rings. The third kappa shape index (κ3) is 4.75. The summed E-state index contributed by atoms with van der Waals surface area (Å²) in [5, 5.41) is 4.24. The zero-order chi connectivity index (χ0) is 20.9. The Morgan fingerprint density at radius 2 is 1.97 bits per heavy atom. The summed E-state index contributed by atoms with van der Waals surface area (Å²) in [4.78, 5) is 14.9. The van der Waals surface area contributed by atoms with Crippen molar-refractivity contribution < 1.29 is 18.7 Å². The molecule has 0 N–H and O–H groups in total. The summed E-state index contributed by atoms with van der Waals surface area (Å²) in [5.74, 6) is -0.762. The number of carbonyl (C=O) groups is 1. The molecule has 1 unspecified atom stereocenters. The van der Waals surface area contributed by atoms with Crippen molar-refractivity contribution in [2.45, 2.75) is 19.6 Å². The smallest absolute Gasteiger partial charge is 0.341 e. The van der Waals surface area contributed by atoms with Gasteiger partial charge in [-0.25, -0.2) is 13.9 Å². The Labute approximate surface area is 174 Å². The van der Waals surface area contributed by atoms with Crippen molar-refractivity contribution in [3.63, 3.8) is 0 Å². The van der Waals surface area contributed by atoms with E-state index in [1.807, 2.05) is 18.2 Å². The van der Waals surface area contributed by atoms with Gasteiger partial charge in [0.1, 0.15) is 24.1 Å². The van der Waals surface area contributed by atoms with E-state index < -0.39 is 5.97 Å². The van der Waals surface area contributed by atoms with E-state index in [4.69, 9.17) is 9.47 Å². The van der Waals surface area contributed by atoms with Gasteiger partial charge in [-0.15, -0.1) is 0 Å². The first-order chi connectivity index (χ1) is 14.6. The van der Waals surface area contributed by atoms with E-state index in [2.05, 4.69) is 22.1 Å². The number of hydrogen-bond acceptors (Lipinski definition) is 5. The van der Waals surface area contributed by atoms with Crippen LogP contribution in [0.2, 0.25) is 0 Å². The van der Waals surface area contributed by atoms with Gasteiger partial charge >= 0.3 is 5.97 Å². The largest absolute Gasteiger partial charge is 0.459 e. The van der Waals surface area contributed by atoms with E-state index in [-0.39, 0.29) is 18.5 Å².